The molecule has 0 radical (unpaired) electrons. The van der Waals surface area contributed by atoms with E-state index in [1.165, 1.54) is 17.9 Å². The molecule has 2 aliphatic heterocycles. The minimum atomic E-state index is 0.657. The highest BCUT2D eigenvalue weighted by atomic mass is 32.2. The van der Waals surface area contributed by atoms with Crippen molar-refractivity contribution in [2.75, 3.05) is 24.7 Å². The molecule has 0 N–H and O–H groups in total. The lowest BCUT2D eigenvalue weighted by atomic mass is 9.86. The predicted octanol–water partition coefficient (Wildman–Crippen LogP) is 1.14. The van der Waals surface area contributed by atoms with E-state index in [0.29, 0.717) is 5.41 Å². The summed E-state index contributed by atoms with van der Waals surface area (Å²) in [7, 11) is 0. The minimum Gasteiger partial charge on any atom is -0.380 e. The Morgan fingerprint density at radius 1 is 1.38 bits per heavy atom. The summed E-state index contributed by atoms with van der Waals surface area (Å²) in [6, 6.07) is 0. The van der Waals surface area contributed by atoms with Crippen LogP contribution in [0.1, 0.15) is 6.42 Å². The fraction of sp³-hybridized carbons (Fsp3) is 1.00. The standard InChI is InChI=1S/C6H10OS/c1-2-8-5-6(1)3-7-4-6/h1-5H2. The number of hydrogen-bond acceptors (Lipinski definition) is 2. The van der Waals surface area contributed by atoms with E-state index in [4.69, 9.17) is 4.74 Å². The second kappa shape index (κ2) is 1.64. The van der Waals surface area contributed by atoms with Crippen LogP contribution in [0.25, 0.3) is 0 Å². The summed E-state index contributed by atoms with van der Waals surface area (Å²) in [6.45, 7) is 2.08. The number of ether oxygens (including phenoxy) is 1. The zero-order valence-electron chi connectivity index (χ0n) is 4.85. The van der Waals surface area contributed by atoms with E-state index in [1.54, 1.807) is 0 Å². The first-order valence-corrected chi connectivity index (χ1v) is 4.22. The Morgan fingerprint density at radius 3 is 2.50 bits per heavy atom. The van der Waals surface area contributed by atoms with Crippen molar-refractivity contribution >= 4 is 11.8 Å². The van der Waals surface area contributed by atoms with Crippen molar-refractivity contribution in [1.29, 1.82) is 0 Å². The summed E-state index contributed by atoms with van der Waals surface area (Å²) in [4.78, 5) is 0. The van der Waals surface area contributed by atoms with E-state index < -0.39 is 0 Å². The smallest absolute Gasteiger partial charge is 0.0553 e. The van der Waals surface area contributed by atoms with E-state index in [0.717, 1.165) is 13.2 Å². The molecular weight excluding hydrogens is 120 g/mol. The van der Waals surface area contributed by atoms with Crippen LogP contribution in [0.5, 0.6) is 0 Å². The fourth-order valence-corrected chi connectivity index (χ4v) is 2.73. The molecule has 0 aromatic rings. The van der Waals surface area contributed by atoms with Crippen LogP contribution in [0.15, 0.2) is 0 Å². The fourth-order valence-electron chi connectivity index (χ4n) is 1.27. The first-order valence-electron chi connectivity index (χ1n) is 3.07. The van der Waals surface area contributed by atoms with Gasteiger partial charge in [0, 0.05) is 11.2 Å². The molecule has 0 saturated carbocycles. The Balaban J connectivity index is 2.01. The van der Waals surface area contributed by atoms with E-state index in [2.05, 4.69) is 11.8 Å². The zero-order chi connectivity index (χ0) is 5.45. The van der Waals surface area contributed by atoms with Crippen LogP contribution in [-0.4, -0.2) is 24.7 Å². The number of hydrogen-bond donors (Lipinski definition) is 0. The van der Waals surface area contributed by atoms with Crippen molar-refractivity contribution in [1.82, 2.24) is 0 Å². The van der Waals surface area contributed by atoms with Crippen LogP contribution >= 0.6 is 11.8 Å². The van der Waals surface area contributed by atoms with Crippen LogP contribution in [0.3, 0.4) is 0 Å². The zero-order valence-corrected chi connectivity index (χ0v) is 5.67. The van der Waals surface area contributed by atoms with Crippen molar-refractivity contribution in [3.8, 4) is 0 Å². The maximum atomic E-state index is 5.15. The van der Waals surface area contributed by atoms with Crippen LogP contribution < -0.4 is 0 Å². The highest BCUT2D eigenvalue weighted by molar-refractivity contribution is 7.99. The molecule has 2 rings (SSSR count). The van der Waals surface area contributed by atoms with Crippen molar-refractivity contribution in [3.05, 3.63) is 0 Å². The lowest BCUT2D eigenvalue weighted by Crippen LogP contribution is -2.42. The first-order chi connectivity index (χ1) is 3.91. The topological polar surface area (TPSA) is 9.23 Å². The van der Waals surface area contributed by atoms with Gasteiger partial charge >= 0.3 is 0 Å². The minimum absolute atomic E-state index is 0.657. The summed E-state index contributed by atoms with van der Waals surface area (Å²) >= 11 is 2.08. The highest BCUT2D eigenvalue weighted by Crippen LogP contribution is 2.41. The monoisotopic (exact) mass is 130 g/mol. The molecule has 2 fully saturated rings. The van der Waals surface area contributed by atoms with Crippen molar-refractivity contribution < 1.29 is 4.74 Å². The van der Waals surface area contributed by atoms with Gasteiger partial charge in [-0.1, -0.05) is 0 Å². The number of rotatable bonds is 0. The molecule has 8 heavy (non-hydrogen) atoms. The summed E-state index contributed by atoms with van der Waals surface area (Å²) in [5, 5.41) is 0. The Bertz CT molecular complexity index is 90.7. The molecule has 0 aromatic carbocycles. The second-order valence-corrected chi connectivity index (χ2v) is 3.90. The average Bonchev–Trinajstić information content (AvgIpc) is 2.07. The Morgan fingerprint density at radius 2 is 2.25 bits per heavy atom. The molecule has 0 aromatic heterocycles. The van der Waals surface area contributed by atoms with Crippen LogP contribution in [-0.2, 0) is 4.74 Å². The van der Waals surface area contributed by atoms with Gasteiger partial charge in [-0.2, -0.15) is 11.8 Å². The SMILES string of the molecule is C1CC2(COC2)CS1. The van der Waals surface area contributed by atoms with Crippen molar-refractivity contribution in [2.45, 2.75) is 6.42 Å². The molecule has 0 bridgehead atoms. The molecule has 46 valence electrons. The van der Waals surface area contributed by atoms with Gasteiger partial charge in [-0.15, -0.1) is 0 Å². The van der Waals surface area contributed by atoms with E-state index in [9.17, 15) is 0 Å². The molecule has 2 heterocycles. The van der Waals surface area contributed by atoms with Crippen molar-refractivity contribution in [3.63, 3.8) is 0 Å². The van der Waals surface area contributed by atoms with Gasteiger partial charge in [0.15, 0.2) is 0 Å². The molecule has 0 aliphatic carbocycles. The number of thioether (sulfide) groups is 1. The maximum Gasteiger partial charge on any atom is 0.0553 e. The van der Waals surface area contributed by atoms with Gasteiger partial charge < -0.3 is 4.74 Å². The highest BCUT2D eigenvalue weighted by Gasteiger charge is 2.41. The van der Waals surface area contributed by atoms with Gasteiger partial charge in [0.2, 0.25) is 0 Å². The molecule has 2 saturated heterocycles. The van der Waals surface area contributed by atoms with E-state index in [1.807, 2.05) is 0 Å². The molecule has 0 amide bonds. The second-order valence-electron chi connectivity index (χ2n) is 2.80. The van der Waals surface area contributed by atoms with E-state index >= 15 is 0 Å². The molecule has 2 heteroatoms. The Hall–Kier alpha value is 0.310. The summed E-state index contributed by atoms with van der Waals surface area (Å²) in [6.07, 6.45) is 1.40. The average molecular weight is 130 g/mol. The summed E-state index contributed by atoms with van der Waals surface area (Å²) < 4.78 is 5.15. The van der Waals surface area contributed by atoms with Crippen LogP contribution in [0, 0.1) is 5.41 Å². The Kier molecular flexibility index (Phi) is 1.05. The van der Waals surface area contributed by atoms with Crippen molar-refractivity contribution in [2.24, 2.45) is 5.41 Å². The van der Waals surface area contributed by atoms with Gasteiger partial charge in [0.05, 0.1) is 13.2 Å². The predicted molar refractivity (Wildman–Crippen MR) is 35.2 cm³/mol. The molecule has 1 nitrogen and oxygen atoms in total. The Labute approximate surface area is 53.8 Å². The maximum absolute atomic E-state index is 5.15. The molecule has 2 aliphatic rings. The lowest BCUT2D eigenvalue weighted by molar-refractivity contribution is -0.0956. The molecule has 0 atom stereocenters. The van der Waals surface area contributed by atoms with Gasteiger partial charge in [-0.25, -0.2) is 0 Å². The third-order valence-corrected chi connectivity index (χ3v) is 3.31. The van der Waals surface area contributed by atoms with Crippen LogP contribution in [0.4, 0.5) is 0 Å². The molecular formula is C6H10OS. The van der Waals surface area contributed by atoms with Gasteiger partial charge in [-0.05, 0) is 12.2 Å². The van der Waals surface area contributed by atoms with Gasteiger partial charge in [-0.3, -0.25) is 0 Å². The third kappa shape index (κ3) is 0.594. The molecule has 0 unspecified atom stereocenters. The normalized spacial score (nSPS) is 33.0. The molecule has 1 spiro atoms. The summed E-state index contributed by atoms with van der Waals surface area (Å²) in [5.74, 6) is 2.72. The first kappa shape index (κ1) is 5.12. The largest absolute Gasteiger partial charge is 0.380 e. The lowest BCUT2D eigenvalue weighted by Gasteiger charge is -2.36. The van der Waals surface area contributed by atoms with Gasteiger partial charge in [0.1, 0.15) is 0 Å². The third-order valence-electron chi connectivity index (χ3n) is 2.00. The van der Waals surface area contributed by atoms with Gasteiger partial charge in [0.25, 0.3) is 0 Å². The van der Waals surface area contributed by atoms with Crippen LogP contribution in [0.2, 0.25) is 0 Å². The quantitative estimate of drug-likeness (QED) is 0.486. The van der Waals surface area contributed by atoms with E-state index in [-0.39, 0.29) is 0 Å². The summed E-state index contributed by atoms with van der Waals surface area (Å²) in [5.41, 5.74) is 0.657.